The highest BCUT2D eigenvalue weighted by Crippen LogP contribution is 2.23. The molecule has 1 atom stereocenters. The molecular weight excluding hydrogens is 384 g/mol. The largest absolute Gasteiger partial charge is 0.466 e. The van der Waals surface area contributed by atoms with Crippen LogP contribution in [0.2, 0.25) is 4.34 Å². The zero-order valence-corrected chi connectivity index (χ0v) is 17.4. The van der Waals surface area contributed by atoms with Crippen molar-refractivity contribution < 1.29 is 9.52 Å². The zero-order valence-electron chi connectivity index (χ0n) is 15.8. The fourth-order valence-corrected chi connectivity index (χ4v) is 4.22. The first-order valence-corrected chi connectivity index (χ1v) is 10.4. The number of aliphatic imine (C=N–C) groups is 1. The van der Waals surface area contributed by atoms with Gasteiger partial charge in [0.15, 0.2) is 5.96 Å². The molecule has 148 valence electrons. The maximum Gasteiger partial charge on any atom is 0.194 e. The fraction of sp³-hybridized carbons (Fsp3) is 0.526. The van der Waals surface area contributed by atoms with Gasteiger partial charge in [0.1, 0.15) is 11.4 Å². The number of piperazine rings is 1. The zero-order chi connectivity index (χ0) is 19.3. The number of thiophene rings is 1. The average molecular weight is 411 g/mol. The first-order valence-electron chi connectivity index (χ1n) is 9.24. The predicted molar refractivity (Wildman–Crippen MR) is 110 cm³/mol. The van der Waals surface area contributed by atoms with Gasteiger partial charge < -0.3 is 19.7 Å². The molecule has 1 saturated heterocycles. The Kier molecular flexibility index (Phi) is 6.81. The first-order chi connectivity index (χ1) is 13.0. The number of hydrogen-bond donors (Lipinski definition) is 2. The molecule has 0 saturated carbocycles. The van der Waals surface area contributed by atoms with E-state index < -0.39 is 5.60 Å². The number of rotatable bonds is 6. The van der Waals surface area contributed by atoms with E-state index in [-0.39, 0.29) is 6.54 Å². The van der Waals surface area contributed by atoms with Crippen molar-refractivity contribution in [2.45, 2.75) is 26.0 Å². The second kappa shape index (κ2) is 9.10. The van der Waals surface area contributed by atoms with Gasteiger partial charge >= 0.3 is 0 Å². The average Bonchev–Trinajstić information content (AvgIpc) is 3.32. The molecule has 2 aromatic rings. The minimum Gasteiger partial charge on any atom is -0.466 e. The number of aliphatic hydroxyl groups is 1. The Morgan fingerprint density at radius 2 is 2.11 bits per heavy atom. The van der Waals surface area contributed by atoms with Gasteiger partial charge in [0, 0.05) is 44.1 Å². The Bertz CT molecular complexity index is 737. The summed E-state index contributed by atoms with van der Waals surface area (Å²) in [5.74, 6) is 1.37. The van der Waals surface area contributed by atoms with Crippen LogP contribution in [0.3, 0.4) is 0 Å². The van der Waals surface area contributed by atoms with E-state index in [4.69, 9.17) is 16.0 Å². The molecule has 1 aliphatic rings. The molecule has 0 spiro atoms. The molecule has 0 aliphatic carbocycles. The van der Waals surface area contributed by atoms with Crippen molar-refractivity contribution in [3.63, 3.8) is 0 Å². The lowest BCUT2D eigenvalue weighted by molar-refractivity contribution is 0.0433. The monoisotopic (exact) mass is 410 g/mol. The number of furan rings is 1. The van der Waals surface area contributed by atoms with Crippen LogP contribution in [-0.2, 0) is 12.1 Å². The maximum atomic E-state index is 10.6. The maximum absolute atomic E-state index is 10.6. The predicted octanol–water partition coefficient (Wildman–Crippen LogP) is 2.99. The Morgan fingerprint density at radius 1 is 1.33 bits per heavy atom. The Morgan fingerprint density at radius 3 is 2.70 bits per heavy atom. The number of nitrogens with one attached hydrogen (secondary N) is 1. The first kappa shape index (κ1) is 20.2. The van der Waals surface area contributed by atoms with E-state index in [1.54, 1.807) is 36.7 Å². The lowest BCUT2D eigenvalue weighted by Crippen LogP contribution is -2.52. The van der Waals surface area contributed by atoms with Crippen LogP contribution in [0, 0.1) is 0 Å². The Hall–Kier alpha value is -1.54. The molecule has 6 nitrogen and oxygen atoms in total. The van der Waals surface area contributed by atoms with Gasteiger partial charge in [0.05, 0.1) is 17.1 Å². The lowest BCUT2D eigenvalue weighted by Gasteiger charge is -2.36. The standard InChI is InChI=1S/C19H27ClN4O2S/c1-3-21-18(22-14-19(2,25)16-5-4-12-26-16)24-10-8-23(9-11-24)13-15-6-7-17(20)27-15/h4-7,12,25H,3,8-11,13-14H2,1-2H3,(H,21,22). The highest BCUT2D eigenvalue weighted by atomic mass is 35.5. The number of nitrogens with zero attached hydrogens (tertiary/aromatic N) is 3. The summed E-state index contributed by atoms with van der Waals surface area (Å²) in [7, 11) is 0. The van der Waals surface area contributed by atoms with Crippen LogP contribution in [-0.4, -0.2) is 60.1 Å². The smallest absolute Gasteiger partial charge is 0.194 e. The summed E-state index contributed by atoms with van der Waals surface area (Å²) in [5.41, 5.74) is -1.12. The van der Waals surface area contributed by atoms with Crippen molar-refractivity contribution in [2.24, 2.45) is 4.99 Å². The molecule has 2 N–H and O–H groups in total. The van der Waals surface area contributed by atoms with Gasteiger partial charge in [0.25, 0.3) is 0 Å². The second-order valence-corrected chi connectivity index (χ2v) is 8.69. The van der Waals surface area contributed by atoms with E-state index in [2.05, 4.69) is 33.1 Å². The van der Waals surface area contributed by atoms with Crippen LogP contribution in [0.1, 0.15) is 24.5 Å². The minimum atomic E-state index is -1.12. The minimum absolute atomic E-state index is 0.247. The summed E-state index contributed by atoms with van der Waals surface area (Å²) in [6, 6.07) is 7.61. The molecule has 0 aromatic carbocycles. The normalized spacial score (nSPS) is 18.5. The summed E-state index contributed by atoms with van der Waals surface area (Å²) in [6.07, 6.45) is 1.57. The van der Waals surface area contributed by atoms with E-state index in [1.165, 1.54) is 4.88 Å². The van der Waals surface area contributed by atoms with Gasteiger partial charge in [-0.3, -0.25) is 4.90 Å². The van der Waals surface area contributed by atoms with Crippen LogP contribution in [0.5, 0.6) is 0 Å². The van der Waals surface area contributed by atoms with Gasteiger partial charge in [-0.2, -0.15) is 0 Å². The number of hydrogen-bond acceptors (Lipinski definition) is 5. The van der Waals surface area contributed by atoms with Crippen molar-refractivity contribution in [1.29, 1.82) is 0 Å². The van der Waals surface area contributed by atoms with Crippen molar-refractivity contribution in [3.8, 4) is 0 Å². The third-order valence-corrected chi connectivity index (χ3v) is 5.82. The molecule has 3 heterocycles. The molecule has 2 aromatic heterocycles. The molecule has 3 rings (SSSR count). The van der Waals surface area contributed by atoms with E-state index in [0.717, 1.165) is 49.6 Å². The van der Waals surface area contributed by atoms with Crippen LogP contribution < -0.4 is 5.32 Å². The summed E-state index contributed by atoms with van der Waals surface area (Å²) in [5, 5.41) is 14.0. The number of guanidine groups is 1. The second-order valence-electron chi connectivity index (χ2n) is 6.89. The van der Waals surface area contributed by atoms with Gasteiger partial charge in [-0.05, 0) is 38.1 Å². The van der Waals surface area contributed by atoms with E-state index >= 15 is 0 Å². The molecule has 1 fully saturated rings. The molecule has 1 unspecified atom stereocenters. The fourth-order valence-electron chi connectivity index (χ4n) is 3.09. The van der Waals surface area contributed by atoms with Crippen LogP contribution in [0.15, 0.2) is 39.9 Å². The molecule has 27 heavy (non-hydrogen) atoms. The summed E-state index contributed by atoms with van der Waals surface area (Å²) in [6.45, 7) is 9.48. The van der Waals surface area contributed by atoms with Crippen molar-refractivity contribution >= 4 is 28.9 Å². The molecule has 8 heteroatoms. The van der Waals surface area contributed by atoms with Crippen LogP contribution >= 0.6 is 22.9 Å². The Balaban J connectivity index is 1.57. The van der Waals surface area contributed by atoms with E-state index in [0.29, 0.717) is 5.76 Å². The highest BCUT2D eigenvalue weighted by Gasteiger charge is 2.27. The van der Waals surface area contributed by atoms with E-state index in [9.17, 15) is 5.11 Å². The van der Waals surface area contributed by atoms with Crippen molar-refractivity contribution in [1.82, 2.24) is 15.1 Å². The quantitative estimate of drug-likeness (QED) is 0.566. The van der Waals surface area contributed by atoms with Gasteiger partial charge in [0.2, 0.25) is 0 Å². The summed E-state index contributed by atoms with van der Waals surface area (Å²) in [4.78, 5) is 10.6. The van der Waals surface area contributed by atoms with E-state index in [1.807, 2.05) is 6.07 Å². The SMILES string of the molecule is CCNC(=NCC(C)(O)c1ccco1)N1CCN(Cc2ccc(Cl)s2)CC1. The van der Waals surface area contributed by atoms with Gasteiger partial charge in [-0.1, -0.05) is 11.6 Å². The molecule has 1 aliphatic heterocycles. The molecule has 0 bridgehead atoms. The topological polar surface area (TPSA) is 64.2 Å². The summed E-state index contributed by atoms with van der Waals surface area (Å²) < 4.78 is 6.18. The molecule has 0 amide bonds. The third kappa shape index (κ3) is 5.48. The number of halogens is 1. The molecular formula is C19H27ClN4O2S. The van der Waals surface area contributed by atoms with Gasteiger partial charge in [-0.15, -0.1) is 11.3 Å². The molecule has 0 radical (unpaired) electrons. The van der Waals surface area contributed by atoms with Crippen molar-refractivity contribution in [3.05, 3.63) is 45.5 Å². The van der Waals surface area contributed by atoms with Gasteiger partial charge in [-0.25, -0.2) is 4.99 Å². The van der Waals surface area contributed by atoms with Crippen LogP contribution in [0.25, 0.3) is 0 Å². The van der Waals surface area contributed by atoms with Crippen LogP contribution in [0.4, 0.5) is 0 Å². The lowest BCUT2D eigenvalue weighted by atomic mass is 10.0. The third-order valence-electron chi connectivity index (χ3n) is 4.60. The van der Waals surface area contributed by atoms with Crippen molar-refractivity contribution in [2.75, 3.05) is 39.3 Å². The summed E-state index contributed by atoms with van der Waals surface area (Å²) >= 11 is 7.67. The highest BCUT2D eigenvalue weighted by molar-refractivity contribution is 7.16. The Labute approximate surface area is 169 Å².